The Hall–Kier alpha value is -3.47. The number of aromatic nitrogens is 1. The molecule has 1 aromatic heterocycles. The van der Waals surface area contributed by atoms with Crippen molar-refractivity contribution in [2.24, 2.45) is 11.1 Å². The minimum atomic E-state index is -0.759. The normalized spacial score (nSPS) is 18.2. The minimum Gasteiger partial charge on any atom is -0.369 e. The van der Waals surface area contributed by atoms with Crippen molar-refractivity contribution in [1.29, 1.82) is 0 Å². The number of benzene rings is 2. The van der Waals surface area contributed by atoms with E-state index in [9.17, 15) is 9.59 Å². The van der Waals surface area contributed by atoms with E-state index in [0.717, 1.165) is 27.8 Å². The molecule has 2 heterocycles. The first-order chi connectivity index (χ1) is 15.0. The third-order valence-electron chi connectivity index (χ3n) is 6.20. The second-order valence-electron chi connectivity index (χ2n) is 8.45. The molecule has 0 bridgehead atoms. The van der Waals surface area contributed by atoms with Gasteiger partial charge in [0.25, 0.3) is 0 Å². The van der Waals surface area contributed by atoms with Crippen LogP contribution >= 0.6 is 0 Å². The molecule has 5 nitrogen and oxygen atoms in total. The Morgan fingerprint density at radius 3 is 2.58 bits per heavy atom. The number of amides is 2. The Morgan fingerprint density at radius 2 is 1.84 bits per heavy atom. The van der Waals surface area contributed by atoms with Gasteiger partial charge in [-0.3, -0.25) is 14.6 Å². The smallest absolute Gasteiger partial charge is 0.227 e. The predicted octanol–water partition coefficient (Wildman–Crippen LogP) is 3.55. The van der Waals surface area contributed by atoms with Crippen LogP contribution < -0.4 is 5.73 Å². The van der Waals surface area contributed by atoms with Gasteiger partial charge in [0.2, 0.25) is 11.8 Å². The Kier molecular flexibility index (Phi) is 5.85. The second kappa shape index (κ2) is 8.72. The maximum atomic E-state index is 12.9. The summed E-state index contributed by atoms with van der Waals surface area (Å²) < 4.78 is 0. The highest BCUT2D eigenvalue weighted by atomic mass is 16.2. The minimum absolute atomic E-state index is 0.0381. The van der Waals surface area contributed by atoms with Crippen molar-refractivity contribution in [3.05, 3.63) is 89.7 Å². The quantitative estimate of drug-likeness (QED) is 0.671. The predicted molar refractivity (Wildman–Crippen MR) is 121 cm³/mol. The van der Waals surface area contributed by atoms with Crippen molar-refractivity contribution in [3.8, 4) is 11.1 Å². The van der Waals surface area contributed by atoms with Crippen LogP contribution in [0.1, 0.15) is 23.1 Å². The maximum Gasteiger partial charge on any atom is 0.227 e. The monoisotopic (exact) mass is 413 g/mol. The first-order valence-electron chi connectivity index (χ1n) is 10.6. The number of carbonyl (C=O) groups excluding carboxylic acids is 2. The maximum absolute atomic E-state index is 12.9. The van der Waals surface area contributed by atoms with Crippen LogP contribution in [0.4, 0.5) is 0 Å². The molecule has 2 N–H and O–H groups in total. The highest BCUT2D eigenvalue weighted by Crippen LogP contribution is 2.37. The second-order valence-corrected chi connectivity index (χ2v) is 8.45. The van der Waals surface area contributed by atoms with E-state index in [1.165, 1.54) is 0 Å². The van der Waals surface area contributed by atoms with Gasteiger partial charge in [-0.05, 0) is 54.2 Å². The average molecular weight is 414 g/mol. The number of pyridine rings is 1. The average Bonchev–Trinajstić information content (AvgIpc) is 3.21. The number of nitrogens with two attached hydrogens (primary N) is 1. The van der Waals surface area contributed by atoms with E-state index in [-0.39, 0.29) is 11.8 Å². The van der Waals surface area contributed by atoms with Crippen molar-refractivity contribution in [1.82, 2.24) is 9.88 Å². The molecule has 158 valence electrons. The zero-order valence-corrected chi connectivity index (χ0v) is 17.8. The molecule has 5 heteroatoms. The van der Waals surface area contributed by atoms with Crippen LogP contribution in [-0.2, 0) is 22.4 Å². The molecule has 0 radical (unpaired) electrons. The molecule has 0 unspecified atom stereocenters. The lowest BCUT2D eigenvalue weighted by Crippen LogP contribution is -2.42. The molecule has 3 aromatic rings. The highest BCUT2D eigenvalue weighted by molar-refractivity contribution is 5.85. The summed E-state index contributed by atoms with van der Waals surface area (Å²) in [5.41, 5.74) is 10.5. The summed E-state index contributed by atoms with van der Waals surface area (Å²) in [6.45, 7) is 2.92. The first kappa shape index (κ1) is 20.8. The van der Waals surface area contributed by atoms with E-state index in [1.54, 1.807) is 17.3 Å². The number of aryl methyl sites for hydroxylation is 1. The van der Waals surface area contributed by atoms with Gasteiger partial charge >= 0.3 is 0 Å². The summed E-state index contributed by atoms with van der Waals surface area (Å²) in [6.07, 6.45) is 4.94. The van der Waals surface area contributed by atoms with Crippen molar-refractivity contribution >= 4 is 11.8 Å². The standard InChI is InChI=1S/C26H27N3O2/c1-19-5-4-6-20(15-19)16-24(30)29-14-11-26(18-29,25(27)31)17-22-7-2-3-8-23(22)21-9-12-28-13-10-21/h2-10,12-13,15H,11,14,16-18H2,1H3,(H2,27,31)/t26-/m0/s1. The number of nitrogens with zero attached hydrogens (tertiary/aromatic N) is 2. The summed E-state index contributed by atoms with van der Waals surface area (Å²) in [5, 5.41) is 0. The van der Waals surface area contributed by atoms with Gasteiger partial charge in [0.05, 0.1) is 11.8 Å². The van der Waals surface area contributed by atoms with Crippen molar-refractivity contribution in [3.63, 3.8) is 0 Å². The van der Waals surface area contributed by atoms with Gasteiger partial charge < -0.3 is 10.6 Å². The Bertz CT molecular complexity index is 1100. The number of primary amides is 1. The molecule has 1 saturated heterocycles. The van der Waals surface area contributed by atoms with Crippen LogP contribution in [0, 0.1) is 12.3 Å². The Morgan fingerprint density at radius 1 is 1.06 bits per heavy atom. The van der Waals surface area contributed by atoms with Gasteiger partial charge in [-0.2, -0.15) is 0 Å². The number of carbonyl (C=O) groups is 2. The van der Waals surface area contributed by atoms with E-state index in [4.69, 9.17) is 5.73 Å². The van der Waals surface area contributed by atoms with Crippen LogP contribution in [0.5, 0.6) is 0 Å². The van der Waals surface area contributed by atoms with Crippen molar-refractivity contribution < 1.29 is 9.59 Å². The molecule has 2 amide bonds. The number of likely N-dealkylation sites (tertiary alicyclic amines) is 1. The molecule has 1 aliphatic heterocycles. The van der Waals surface area contributed by atoms with Gasteiger partial charge in [-0.25, -0.2) is 0 Å². The van der Waals surface area contributed by atoms with Gasteiger partial charge in [0.15, 0.2) is 0 Å². The van der Waals surface area contributed by atoms with E-state index < -0.39 is 5.41 Å². The lowest BCUT2D eigenvalue weighted by atomic mass is 9.78. The van der Waals surface area contributed by atoms with Gasteiger partial charge in [0.1, 0.15) is 0 Å². The number of hydrogen-bond donors (Lipinski definition) is 1. The fourth-order valence-corrected chi connectivity index (χ4v) is 4.48. The third kappa shape index (κ3) is 4.50. The zero-order chi connectivity index (χ0) is 21.8. The summed E-state index contributed by atoms with van der Waals surface area (Å²) in [5.74, 6) is -0.306. The van der Waals surface area contributed by atoms with E-state index in [0.29, 0.717) is 32.4 Å². The molecule has 31 heavy (non-hydrogen) atoms. The molecule has 1 aliphatic rings. The Labute approximate surface area is 182 Å². The lowest BCUT2D eigenvalue weighted by molar-refractivity contribution is -0.131. The molecule has 4 rings (SSSR count). The molecule has 1 fully saturated rings. The van der Waals surface area contributed by atoms with Crippen LogP contribution in [-0.4, -0.2) is 34.8 Å². The molecular formula is C26H27N3O2. The zero-order valence-electron chi connectivity index (χ0n) is 17.8. The molecule has 2 aromatic carbocycles. The summed E-state index contributed by atoms with van der Waals surface area (Å²) in [4.78, 5) is 31.5. The van der Waals surface area contributed by atoms with Gasteiger partial charge in [-0.1, -0.05) is 54.1 Å². The lowest BCUT2D eigenvalue weighted by Gasteiger charge is -2.27. The van der Waals surface area contributed by atoms with Crippen LogP contribution in [0.2, 0.25) is 0 Å². The van der Waals surface area contributed by atoms with Gasteiger partial charge in [0, 0.05) is 25.5 Å². The molecular weight excluding hydrogens is 386 g/mol. The number of hydrogen-bond acceptors (Lipinski definition) is 3. The summed E-state index contributed by atoms with van der Waals surface area (Å²) >= 11 is 0. The van der Waals surface area contributed by atoms with E-state index in [2.05, 4.69) is 11.1 Å². The third-order valence-corrected chi connectivity index (χ3v) is 6.20. The van der Waals surface area contributed by atoms with Gasteiger partial charge in [-0.15, -0.1) is 0 Å². The van der Waals surface area contributed by atoms with E-state index in [1.807, 2.05) is 61.5 Å². The van der Waals surface area contributed by atoms with E-state index >= 15 is 0 Å². The van der Waals surface area contributed by atoms with Crippen LogP contribution in [0.15, 0.2) is 73.1 Å². The largest absolute Gasteiger partial charge is 0.369 e. The topological polar surface area (TPSA) is 76.3 Å². The highest BCUT2D eigenvalue weighted by Gasteiger charge is 2.45. The summed E-state index contributed by atoms with van der Waals surface area (Å²) in [7, 11) is 0. The van der Waals surface area contributed by atoms with Crippen molar-refractivity contribution in [2.75, 3.05) is 13.1 Å². The molecule has 0 spiro atoms. The van der Waals surface area contributed by atoms with Crippen LogP contribution in [0.3, 0.4) is 0 Å². The molecule has 0 saturated carbocycles. The van der Waals surface area contributed by atoms with Crippen molar-refractivity contribution in [2.45, 2.75) is 26.2 Å². The number of rotatable bonds is 6. The molecule has 1 atom stereocenters. The Balaban J connectivity index is 1.55. The fourth-order valence-electron chi connectivity index (χ4n) is 4.48. The SMILES string of the molecule is Cc1cccc(CC(=O)N2CC[C@@](Cc3ccccc3-c3ccncc3)(C(N)=O)C2)c1. The van der Waals surface area contributed by atoms with Crippen LogP contribution in [0.25, 0.3) is 11.1 Å². The summed E-state index contributed by atoms with van der Waals surface area (Å²) in [6, 6.07) is 19.9. The fraction of sp³-hybridized carbons (Fsp3) is 0.269. The molecule has 0 aliphatic carbocycles. The first-order valence-corrected chi connectivity index (χ1v) is 10.6.